The van der Waals surface area contributed by atoms with E-state index in [9.17, 15) is 26.4 Å². The van der Waals surface area contributed by atoms with Gasteiger partial charge in [-0.1, -0.05) is 39.0 Å². The van der Waals surface area contributed by atoms with Gasteiger partial charge in [0.1, 0.15) is 16.7 Å². The Morgan fingerprint density at radius 3 is 2.00 bits per heavy atom. The van der Waals surface area contributed by atoms with E-state index >= 15 is 0 Å². The zero-order valence-corrected chi connectivity index (χ0v) is 28.4. The topological polar surface area (TPSA) is 133 Å². The van der Waals surface area contributed by atoms with Crippen molar-refractivity contribution < 1.29 is 39.8 Å². The van der Waals surface area contributed by atoms with Crippen molar-refractivity contribution in [2.24, 2.45) is 5.92 Å². The summed E-state index contributed by atoms with van der Waals surface area (Å²) in [6.07, 6.45) is 0.0923. The normalized spacial score (nSPS) is 20.4. The summed E-state index contributed by atoms with van der Waals surface area (Å²) in [6, 6.07) is 7.69. The second kappa shape index (κ2) is 11.8. The predicted octanol–water partition coefficient (Wildman–Crippen LogP) is 4.85. The molecule has 1 aliphatic rings. The fourth-order valence-corrected chi connectivity index (χ4v) is 9.39. The molecule has 0 spiro atoms. The van der Waals surface area contributed by atoms with E-state index in [2.05, 4.69) is 0 Å². The number of nitrogens with zero attached hydrogens (tertiary/aromatic N) is 1. The Morgan fingerprint density at radius 1 is 1.02 bits per heavy atom. The first-order valence-corrected chi connectivity index (χ1v) is 20.3. The van der Waals surface area contributed by atoms with Gasteiger partial charge in [-0.15, -0.1) is 0 Å². The van der Waals surface area contributed by atoms with Crippen LogP contribution in [0, 0.1) is 5.92 Å². The minimum atomic E-state index is -4.09. The smallest absolute Gasteiger partial charge is 0.359 e. The molecule has 226 valence electrons. The lowest BCUT2D eigenvalue weighted by Gasteiger charge is -2.50. The molecule has 0 bridgehead atoms. The lowest BCUT2D eigenvalue weighted by Crippen LogP contribution is -2.65. The maximum Gasteiger partial charge on any atom is 0.359 e. The molecule has 0 radical (unpaired) electrons. The third-order valence-corrected chi connectivity index (χ3v) is 15.4. The van der Waals surface area contributed by atoms with Gasteiger partial charge in [0.05, 0.1) is 23.2 Å². The maximum atomic E-state index is 13.8. The van der Waals surface area contributed by atoms with E-state index in [1.165, 1.54) is 19.1 Å². The molecule has 1 heterocycles. The van der Waals surface area contributed by atoms with Gasteiger partial charge < -0.3 is 13.3 Å². The predicted molar refractivity (Wildman–Crippen MR) is 158 cm³/mol. The lowest BCUT2D eigenvalue weighted by atomic mass is 9.92. The molecular formula is C26H41NO9S3Si. The zero-order chi connectivity index (χ0) is 31.1. The van der Waals surface area contributed by atoms with Crippen LogP contribution in [-0.2, 0) is 41.9 Å². The van der Waals surface area contributed by atoms with Gasteiger partial charge in [-0.2, -0.15) is 8.42 Å². The molecule has 1 aromatic carbocycles. The third kappa shape index (κ3) is 8.34. The minimum absolute atomic E-state index is 0.0166. The number of likely N-dealkylation sites (tertiary alicyclic amines) is 1. The summed E-state index contributed by atoms with van der Waals surface area (Å²) in [5.41, 5.74) is -1.49. The summed E-state index contributed by atoms with van der Waals surface area (Å²) >= 11 is 0. The first-order chi connectivity index (χ1) is 17.9. The van der Waals surface area contributed by atoms with E-state index in [1.807, 2.05) is 33.9 Å². The van der Waals surface area contributed by atoms with Crippen LogP contribution in [0.5, 0.6) is 0 Å². The highest BCUT2D eigenvalue weighted by molar-refractivity contribution is 8.72. The van der Waals surface area contributed by atoms with E-state index in [0.717, 1.165) is 11.2 Å². The van der Waals surface area contributed by atoms with Gasteiger partial charge in [0.25, 0.3) is 0 Å². The van der Waals surface area contributed by atoms with Crippen molar-refractivity contribution in [3.05, 3.63) is 41.8 Å². The van der Waals surface area contributed by atoms with Crippen molar-refractivity contribution in [1.29, 1.82) is 0 Å². The summed E-state index contributed by atoms with van der Waals surface area (Å²) in [7, 11) is -10.0. The molecule has 3 atom stereocenters. The monoisotopic (exact) mass is 635 g/mol. The molecule has 1 amide bonds. The van der Waals surface area contributed by atoms with Crippen molar-refractivity contribution in [3.8, 4) is 0 Å². The summed E-state index contributed by atoms with van der Waals surface area (Å²) in [4.78, 5) is 28.1. The first-order valence-electron chi connectivity index (χ1n) is 12.7. The quantitative estimate of drug-likeness (QED) is 0.0668. The fraction of sp³-hybridized carbons (Fsp3) is 0.615. The molecule has 0 unspecified atom stereocenters. The van der Waals surface area contributed by atoms with Gasteiger partial charge in [0, 0.05) is 0 Å². The minimum Gasteiger partial charge on any atom is -0.455 e. The average molecular weight is 636 g/mol. The summed E-state index contributed by atoms with van der Waals surface area (Å²) < 4.78 is 67.8. The summed E-state index contributed by atoms with van der Waals surface area (Å²) in [5.74, 6) is -3.00. The molecule has 14 heteroatoms. The molecule has 2 rings (SSSR count). The Kier molecular flexibility index (Phi) is 10.1. The highest BCUT2D eigenvalue weighted by atomic mass is 33.1. The molecule has 1 saturated heterocycles. The van der Waals surface area contributed by atoms with Gasteiger partial charge >= 0.3 is 16.1 Å². The lowest BCUT2D eigenvalue weighted by molar-refractivity contribution is -0.163. The average Bonchev–Trinajstić information content (AvgIpc) is 2.73. The standard InChI is InChI=1S/C26H41NO9S3Si/c1-17(36-40(10,11)26(6,7)8)20-22(28)27(23(20)37-39(32,33)19-15-13-12-14-16-19)21(18(2)35-38(9,30)31)24(29)34-25(3,4)5/h12-17,20,23H,1-11H3/t17-,20+,23-/m1/s1. The number of carbonyl (C=O) groups excluding carboxylic acids is 2. The Hall–Kier alpha value is -1.87. The Bertz CT molecular complexity index is 1360. The molecule has 1 aliphatic heterocycles. The zero-order valence-electron chi connectivity index (χ0n) is 25.0. The fourth-order valence-electron chi connectivity index (χ4n) is 3.75. The maximum absolute atomic E-state index is 13.8. The third-order valence-electron chi connectivity index (χ3n) is 6.58. The van der Waals surface area contributed by atoms with E-state index in [1.54, 1.807) is 45.9 Å². The van der Waals surface area contributed by atoms with Crippen LogP contribution in [0.25, 0.3) is 0 Å². The van der Waals surface area contributed by atoms with Gasteiger partial charge in [-0.25, -0.2) is 13.2 Å². The molecule has 1 aromatic rings. The second-order valence-electron chi connectivity index (χ2n) is 12.3. The number of allylic oxidation sites excluding steroid dienone is 1. The molecule has 40 heavy (non-hydrogen) atoms. The molecule has 0 aliphatic carbocycles. The van der Waals surface area contributed by atoms with E-state index in [4.69, 9.17) is 13.3 Å². The SMILES string of the molecule is CC(OS(C)(=O)=O)=C(C(=O)OC(C)(C)C)N1C(=O)[C@H]([C@@H](C)O[Si](C)(C)C(C)(C)C)[C@H]1SS(=O)(=O)c1ccccc1. The van der Waals surface area contributed by atoms with Crippen molar-refractivity contribution >= 4 is 50.0 Å². The van der Waals surface area contributed by atoms with Gasteiger partial charge in [0.15, 0.2) is 14.0 Å². The van der Waals surface area contributed by atoms with Crippen LogP contribution in [0.2, 0.25) is 18.1 Å². The number of rotatable bonds is 10. The van der Waals surface area contributed by atoms with E-state index in [-0.39, 0.29) is 9.93 Å². The number of carbonyl (C=O) groups is 2. The molecule has 0 N–H and O–H groups in total. The number of amides is 1. The van der Waals surface area contributed by atoms with Crippen LogP contribution in [-0.4, -0.2) is 65.3 Å². The number of hydrogen-bond donors (Lipinski definition) is 0. The van der Waals surface area contributed by atoms with Crippen LogP contribution in [0.1, 0.15) is 55.4 Å². The molecule has 1 fully saturated rings. The summed E-state index contributed by atoms with van der Waals surface area (Å²) in [5, 5.41) is -1.33. The number of hydrogen-bond acceptors (Lipinski definition) is 10. The molecular weight excluding hydrogens is 595 g/mol. The van der Waals surface area contributed by atoms with Crippen LogP contribution in [0.15, 0.2) is 46.7 Å². The first kappa shape index (κ1) is 34.3. The second-order valence-corrected chi connectivity index (χ2v) is 22.5. The van der Waals surface area contributed by atoms with Crippen LogP contribution < -0.4 is 0 Å². The van der Waals surface area contributed by atoms with E-state index < -0.39 is 73.6 Å². The van der Waals surface area contributed by atoms with Crippen molar-refractivity contribution in [3.63, 3.8) is 0 Å². The molecule has 10 nitrogen and oxygen atoms in total. The Morgan fingerprint density at radius 2 is 1.55 bits per heavy atom. The Labute approximate surface area is 243 Å². The highest BCUT2D eigenvalue weighted by Gasteiger charge is 2.57. The molecule has 0 aromatic heterocycles. The van der Waals surface area contributed by atoms with E-state index in [0.29, 0.717) is 10.8 Å². The molecule has 0 saturated carbocycles. The number of benzene rings is 1. The van der Waals surface area contributed by atoms with Crippen LogP contribution >= 0.6 is 10.8 Å². The van der Waals surface area contributed by atoms with Crippen molar-refractivity contribution in [1.82, 2.24) is 4.90 Å². The number of ether oxygens (including phenoxy) is 1. The van der Waals surface area contributed by atoms with Gasteiger partial charge in [-0.05, 0) is 75.7 Å². The van der Waals surface area contributed by atoms with Gasteiger partial charge in [-0.3, -0.25) is 9.69 Å². The largest absolute Gasteiger partial charge is 0.455 e. The van der Waals surface area contributed by atoms with Gasteiger partial charge in [0.2, 0.25) is 14.8 Å². The highest BCUT2D eigenvalue weighted by Crippen LogP contribution is 2.47. The Balaban J connectivity index is 2.67. The van der Waals surface area contributed by atoms with Crippen molar-refractivity contribution in [2.45, 2.75) is 95.5 Å². The van der Waals surface area contributed by atoms with Crippen LogP contribution in [0.4, 0.5) is 0 Å². The van der Waals surface area contributed by atoms with Crippen LogP contribution in [0.3, 0.4) is 0 Å². The van der Waals surface area contributed by atoms with Crippen molar-refractivity contribution in [2.75, 3.05) is 6.26 Å². The number of esters is 1. The number of β-lactam (4-membered cyclic amide) rings is 1. The summed E-state index contributed by atoms with van der Waals surface area (Å²) in [6.45, 7) is 17.9.